The highest BCUT2D eigenvalue weighted by Crippen LogP contribution is 2.25. The fourth-order valence-corrected chi connectivity index (χ4v) is 3.08. The maximum atomic E-state index is 13.0. The monoisotopic (exact) mass is 310 g/mol. The van der Waals surface area contributed by atoms with Crippen molar-refractivity contribution >= 4 is 5.91 Å². The Labute approximate surface area is 136 Å². The number of hydrogen-bond acceptors (Lipinski definition) is 4. The smallest absolute Gasteiger partial charge is 0.274 e. The molecule has 3 rings (SSSR count). The zero-order valence-electron chi connectivity index (χ0n) is 13.5. The van der Waals surface area contributed by atoms with Crippen molar-refractivity contribution in [1.82, 2.24) is 19.9 Å². The summed E-state index contributed by atoms with van der Waals surface area (Å²) in [5.41, 5.74) is 2.14. The minimum Gasteiger partial charge on any atom is -0.328 e. The Morgan fingerprint density at radius 2 is 1.96 bits per heavy atom. The van der Waals surface area contributed by atoms with Crippen molar-refractivity contribution in [2.45, 2.75) is 51.6 Å². The van der Waals surface area contributed by atoms with Crippen LogP contribution in [0.15, 0.2) is 36.8 Å². The van der Waals surface area contributed by atoms with Gasteiger partial charge in [0.2, 0.25) is 0 Å². The number of pyridine rings is 1. The van der Waals surface area contributed by atoms with E-state index in [2.05, 4.69) is 15.0 Å². The fraction of sp³-hybridized carbons (Fsp3) is 0.444. The SMILES string of the molecule is Cc1cnc(C(=O)N(Cc2ccccn2)C2CCCCC2)cn1. The molecule has 0 aromatic carbocycles. The van der Waals surface area contributed by atoms with Crippen molar-refractivity contribution in [3.05, 3.63) is 53.9 Å². The van der Waals surface area contributed by atoms with Gasteiger partial charge >= 0.3 is 0 Å². The van der Waals surface area contributed by atoms with Gasteiger partial charge < -0.3 is 4.90 Å². The number of aromatic nitrogens is 3. The maximum Gasteiger partial charge on any atom is 0.274 e. The Balaban J connectivity index is 1.84. The van der Waals surface area contributed by atoms with E-state index in [1.807, 2.05) is 30.0 Å². The Hall–Kier alpha value is -2.30. The first-order valence-corrected chi connectivity index (χ1v) is 8.23. The molecular weight excluding hydrogens is 288 g/mol. The van der Waals surface area contributed by atoms with E-state index in [4.69, 9.17) is 0 Å². The van der Waals surface area contributed by atoms with Gasteiger partial charge in [-0.05, 0) is 31.9 Å². The first-order valence-electron chi connectivity index (χ1n) is 8.23. The standard InChI is InChI=1S/C18H22N4O/c1-14-11-21-17(12-20-14)18(23)22(16-8-3-2-4-9-16)13-15-7-5-6-10-19-15/h5-7,10-12,16H,2-4,8-9,13H2,1H3. The molecule has 0 N–H and O–H groups in total. The van der Waals surface area contributed by atoms with Crippen molar-refractivity contribution in [3.8, 4) is 0 Å². The summed E-state index contributed by atoms with van der Waals surface area (Å²) >= 11 is 0. The van der Waals surface area contributed by atoms with Gasteiger partial charge in [0.1, 0.15) is 5.69 Å². The van der Waals surface area contributed by atoms with Crippen molar-refractivity contribution in [3.63, 3.8) is 0 Å². The zero-order chi connectivity index (χ0) is 16.1. The molecule has 23 heavy (non-hydrogen) atoms. The summed E-state index contributed by atoms with van der Waals surface area (Å²) < 4.78 is 0. The zero-order valence-corrected chi connectivity index (χ0v) is 13.5. The first-order chi connectivity index (χ1) is 11.2. The van der Waals surface area contributed by atoms with Crippen LogP contribution in [0.25, 0.3) is 0 Å². The van der Waals surface area contributed by atoms with E-state index in [1.165, 1.54) is 19.3 Å². The Bertz CT molecular complexity index is 636. The van der Waals surface area contributed by atoms with Crippen LogP contribution in [0.5, 0.6) is 0 Å². The predicted octanol–water partition coefficient (Wildman–Crippen LogP) is 3.16. The minimum absolute atomic E-state index is 0.0462. The van der Waals surface area contributed by atoms with Gasteiger partial charge in [-0.3, -0.25) is 14.8 Å². The number of hydrogen-bond donors (Lipinski definition) is 0. The van der Waals surface area contributed by atoms with Gasteiger partial charge in [0.25, 0.3) is 5.91 Å². The highest BCUT2D eigenvalue weighted by molar-refractivity contribution is 5.92. The molecule has 2 heterocycles. The van der Waals surface area contributed by atoms with E-state index in [1.54, 1.807) is 18.6 Å². The molecule has 0 bridgehead atoms. The lowest BCUT2D eigenvalue weighted by Gasteiger charge is -2.34. The van der Waals surface area contributed by atoms with Gasteiger partial charge in [0.05, 0.1) is 24.1 Å². The van der Waals surface area contributed by atoms with Crippen LogP contribution in [0.1, 0.15) is 54.0 Å². The van der Waals surface area contributed by atoms with Gasteiger partial charge in [0, 0.05) is 18.4 Å². The summed E-state index contributed by atoms with van der Waals surface area (Å²) in [6, 6.07) is 6.07. The number of nitrogens with zero attached hydrogens (tertiary/aromatic N) is 4. The molecule has 1 amide bonds. The van der Waals surface area contributed by atoms with Crippen LogP contribution in [0.4, 0.5) is 0 Å². The lowest BCUT2D eigenvalue weighted by atomic mass is 9.93. The average molecular weight is 310 g/mol. The third kappa shape index (κ3) is 3.92. The number of aryl methyl sites for hydroxylation is 1. The predicted molar refractivity (Wildman–Crippen MR) is 87.8 cm³/mol. The Morgan fingerprint density at radius 3 is 2.61 bits per heavy atom. The number of rotatable bonds is 4. The lowest BCUT2D eigenvalue weighted by molar-refractivity contribution is 0.0604. The van der Waals surface area contributed by atoms with E-state index in [-0.39, 0.29) is 11.9 Å². The van der Waals surface area contributed by atoms with Crippen LogP contribution >= 0.6 is 0 Å². The second-order valence-corrected chi connectivity index (χ2v) is 6.09. The summed E-state index contributed by atoms with van der Waals surface area (Å²) in [6.45, 7) is 2.40. The van der Waals surface area contributed by atoms with Crippen molar-refractivity contribution in [2.75, 3.05) is 0 Å². The van der Waals surface area contributed by atoms with Gasteiger partial charge in [-0.15, -0.1) is 0 Å². The molecule has 1 aliphatic carbocycles. The number of carbonyl (C=O) groups is 1. The largest absolute Gasteiger partial charge is 0.328 e. The third-order valence-electron chi connectivity index (χ3n) is 4.33. The molecule has 1 aliphatic rings. The molecule has 2 aromatic heterocycles. The average Bonchev–Trinajstić information content (AvgIpc) is 2.61. The molecule has 0 unspecified atom stereocenters. The first kappa shape index (κ1) is 15.6. The van der Waals surface area contributed by atoms with Gasteiger partial charge in [-0.25, -0.2) is 4.98 Å². The van der Waals surface area contributed by atoms with E-state index in [0.29, 0.717) is 12.2 Å². The molecule has 2 aromatic rings. The van der Waals surface area contributed by atoms with E-state index in [9.17, 15) is 4.79 Å². The van der Waals surface area contributed by atoms with Crippen LogP contribution in [0.3, 0.4) is 0 Å². The molecule has 0 saturated heterocycles. The lowest BCUT2D eigenvalue weighted by Crippen LogP contribution is -2.41. The molecule has 0 atom stereocenters. The summed E-state index contributed by atoms with van der Waals surface area (Å²) in [5, 5.41) is 0. The third-order valence-corrected chi connectivity index (χ3v) is 4.33. The molecule has 1 fully saturated rings. The summed E-state index contributed by atoms with van der Waals surface area (Å²) in [5.74, 6) is -0.0462. The topological polar surface area (TPSA) is 59.0 Å². The van der Waals surface area contributed by atoms with Crippen molar-refractivity contribution < 1.29 is 4.79 Å². The highest BCUT2D eigenvalue weighted by atomic mass is 16.2. The van der Waals surface area contributed by atoms with Gasteiger partial charge in [-0.1, -0.05) is 25.3 Å². The number of carbonyl (C=O) groups excluding carboxylic acids is 1. The highest BCUT2D eigenvalue weighted by Gasteiger charge is 2.27. The number of amides is 1. The van der Waals surface area contributed by atoms with E-state index < -0.39 is 0 Å². The van der Waals surface area contributed by atoms with Crippen LogP contribution in [0.2, 0.25) is 0 Å². The summed E-state index contributed by atoms with van der Waals surface area (Å²) in [6.07, 6.45) is 10.7. The fourth-order valence-electron chi connectivity index (χ4n) is 3.08. The second-order valence-electron chi connectivity index (χ2n) is 6.09. The van der Waals surface area contributed by atoms with E-state index >= 15 is 0 Å². The minimum atomic E-state index is -0.0462. The van der Waals surface area contributed by atoms with Crippen LogP contribution in [-0.2, 0) is 6.54 Å². The molecule has 0 radical (unpaired) electrons. The van der Waals surface area contributed by atoms with Crippen LogP contribution < -0.4 is 0 Å². The quantitative estimate of drug-likeness (QED) is 0.870. The van der Waals surface area contributed by atoms with Gasteiger partial charge in [-0.2, -0.15) is 0 Å². The van der Waals surface area contributed by atoms with Crippen molar-refractivity contribution in [1.29, 1.82) is 0 Å². The van der Waals surface area contributed by atoms with Crippen molar-refractivity contribution in [2.24, 2.45) is 0 Å². The molecule has 1 saturated carbocycles. The summed E-state index contributed by atoms with van der Waals surface area (Å²) in [4.78, 5) is 27.7. The molecule has 120 valence electrons. The maximum absolute atomic E-state index is 13.0. The molecule has 5 heteroatoms. The molecule has 0 spiro atoms. The Kier molecular flexibility index (Phi) is 4.95. The molecular formula is C18H22N4O. The molecule has 5 nitrogen and oxygen atoms in total. The Morgan fingerprint density at radius 1 is 1.13 bits per heavy atom. The van der Waals surface area contributed by atoms with Gasteiger partial charge in [0.15, 0.2) is 0 Å². The van der Waals surface area contributed by atoms with Crippen LogP contribution in [0, 0.1) is 6.92 Å². The van der Waals surface area contributed by atoms with E-state index in [0.717, 1.165) is 24.2 Å². The second kappa shape index (κ2) is 7.31. The summed E-state index contributed by atoms with van der Waals surface area (Å²) in [7, 11) is 0. The molecule has 0 aliphatic heterocycles. The normalized spacial score (nSPS) is 15.3. The van der Waals surface area contributed by atoms with Crippen LogP contribution in [-0.4, -0.2) is 31.8 Å².